The van der Waals surface area contributed by atoms with Gasteiger partial charge in [0.05, 0.1) is 0 Å². The highest BCUT2D eigenvalue weighted by Crippen LogP contribution is 2.06. The zero-order valence-corrected chi connectivity index (χ0v) is 11.3. The van der Waals surface area contributed by atoms with E-state index in [-0.39, 0.29) is 17.5 Å². The van der Waals surface area contributed by atoms with Crippen molar-refractivity contribution >= 4 is 11.8 Å². The number of hydrogen-bond acceptors (Lipinski definition) is 3. The van der Waals surface area contributed by atoms with Gasteiger partial charge in [-0.3, -0.25) is 14.6 Å². The molecule has 2 amide bonds. The van der Waals surface area contributed by atoms with Crippen molar-refractivity contribution in [2.24, 2.45) is 0 Å². The van der Waals surface area contributed by atoms with Gasteiger partial charge in [-0.05, 0) is 26.0 Å². The fourth-order valence-corrected chi connectivity index (χ4v) is 1.64. The first kappa shape index (κ1) is 14.9. The minimum Gasteiger partial charge on any atom is -0.347 e. The van der Waals surface area contributed by atoms with Gasteiger partial charge in [0.15, 0.2) is 0 Å². The van der Waals surface area contributed by atoms with Gasteiger partial charge in [-0.2, -0.15) is 0 Å². The van der Waals surface area contributed by atoms with Crippen LogP contribution in [0.15, 0.2) is 31.0 Å². The van der Waals surface area contributed by atoms with Crippen LogP contribution >= 0.6 is 0 Å². The number of hydrogen-bond donors (Lipinski definition) is 1. The Morgan fingerprint density at radius 2 is 2.11 bits per heavy atom. The molecule has 0 unspecified atom stereocenters. The maximum atomic E-state index is 12.1. The van der Waals surface area contributed by atoms with Crippen molar-refractivity contribution in [3.05, 3.63) is 42.2 Å². The first-order valence-corrected chi connectivity index (χ1v) is 6.28. The van der Waals surface area contributed by atoms with Crippen LogP contribution in [0.5, 0.6) is 0 Å². The molecule has 1 heterocycles. The first-order valence-electron chi connectivity index (χ1n) is 6.28. The van der Waals surface area contributed by atoms with Crippen molar-refractivity contribution in [2.75, 3.05) is 19.6 Å². The smallest absolute Gasteiger partial charge is 0.270 e. The molecular formula is C14H19N3O2. The molecule has 0 bridgehead atoms. The number of pyridine rings is 1. The quantitative estimate of drug-likeness (QED) is 0.789. The van der Waals surface area contributed by atoms with Gasteiger partial charge in [0.1, 0.15) is 5.69 Å². The second-order valence-electron chi connectivity index (χ2n) is 3.91. The van der Waals surface area contributed by atoms with E-state index in [2.05, 4.69) is 16.9 Å². The number of rotatable bonds is 6. The van der Waals surface area contributed by atoms with Crippen molar-refractivity contribution in [2.45, 2.75) is 13.8 Å². The van der Waals surface area contributed by atoms with Gasteiger partial charge in [0, 0.05) is 31.4 Å². The van der Waals surface area contributed by atoms with Crippen LogP contribution < -0.4 is 5.32 Å². The highest BCUT2D eigenvalue weighted by atomic mass is 16.2. The summed E-state index contributed by atoms with van der Waals surface area (Å²) in [5.74, 6) is -0.403. The van der Waals surface area contributed by atoms with Crippen molar-refractivity contribution in [3.8, 4) is 0 Å². The minimum absolute atomic E-state index is 0.0924. The normalized spacial score (nSPS) is 9.79. The molecule has 1 N–H and O–H groups in total. The molecular weight excluding hydrogens is 242 g/mol. The molecule has 1 aromatic rings. The van der Waals surface area contributed by atoms with Crippen LogP contribution in [0, 0.1) is 0 Å². The molecule has 5 nitrogen and oxygen atoms in total. The Kier molecular flexibility index (Phi) is 5.73. The van der Waals surface area contributed by atoms with Gasteiger partial charge in [-0.15, -0.1) is 6.58 Å². The maximum absolute atomic E-state index is 12.1. The van der Waals surface area contributed by atoms with Gasteiger partial charge in [0.25, 0.3) is 11.8 Å². The lowest BCUT2D eigenvalue weighted by molar-refractivity contribution is 0.0773. The number of amides is 2. The fourth-order valence-electron chi connectivity index (χ4n) is 1.64. The summed E-state index contributed by atoms with van der Waals surface area (Å²) >= 11 is 0. The topological polar surface area (TPSA) is 62.3 Å². The van der Waals surface area contributed by atoms with Crippen LogP contribution in [0.1, 0.15) is 34.7 Å². The summed E-state index contributed by atoms with van der Waals surface area (Å²) < 4.78 is 0. The molecule has 102 valence electrons. The number of carbonyl (C=O) groups is 2. The average molecular weight is 261 g/mol. The van der Waals surface area contributed by atoms with E-state index in [0.29, 0.717) is 25.2 Å². The molecule has 0 radical (unpaired) electrons. The van der Waals surface area contributed by atoms with Crippen LogP contribution in [0.4, 0.5) is 0 Å². The molecule has 0 aliphatic heterocycles. The van der Waals surface area contributed by atoms with E-state index in [1.54, 1.807) is 17.0 Å². The number of aromatic nitrogens is 1. The summed E-state index contributed by atoms with van der Waals surface area (Å²) in [7, 11) is 0. The Balaban J connectivity index is 2.90. The predicted octanol–water partition coefficient (Wildman–Crippen LogP) is 1.48. The van der Waals surface area contributed by atoms with E-state index in [4.69, 9.17) is 0 Å². The van der Waals surface area contributed by atoms with Crippen LogP contribution in [-0.2, 0) is 0 Å². The number of carbonyl (C=O) groups excluding carboxylic acids is 2. The highest BCUT2D eigenvalue weighted by Gasteiger charge is 2.15. The molecule has 0 aliphatic rings. The summed E-state index contributed by atoms with van der Waals surface area (Å²) in [6.45, 7) is 8.99. The van der Waals surface area contributed by atoms with E-state index >= 15 is 0 Å². The molecule has 0 spiro atoms. The fraction of sp³-hybridized carbons (Fsp3) is 0.357. The molecule has 1 rings (SSSR count). The van der Waals surface area contributed by atoms with E-state index in [1.165, 1.54) is 12.3 Å². The molecule has 0 saturated carbocycles. The van der Waals surface area contributed by atoms with Crippen molar-refractivity contribution < 1.29 is 9.59 Å². The molecule has 0 atom stereocenters. The van der Waals surface area contributed by atoms with Gasteiger partial charge >= 0.3 is 0 Å². The van der Waals surface area contributed by atoms with Crippen molar-refractivity contribution in [1.82, 2.24) is 15.2 Å². The van der Waals surface area contributed by atoms with Gasteiger partial charge < -0.3 is 10.2 Å². The SMILES string of the molecule is C=CCNC(=O)c1cc(C(=O)N(CC)CC)ccn1. The lowest BCUT2D eigenvalue weighted by Gasteiger charge is -2.18. The van der Waals surface area contributed by atoms with Crippen LogP contribution in [0.25, 0.3) is 0 Å². The summed E-state index contributed by atoms with van der Waals surface area (Å²) in [6, 6.07) is 3.13. The van der Waals surface area contributed by atoms with Crippen molar-refractivity contribution in [3.63, 3.8) is 0 Å². The van der Waals surface area contributed by atoms with E-state index in [0.717, 1.165) is 0 Å². The molecule has 0 fully saturated rings. The van der Waals surface area contributed by atoms with Crippen molar-refractivity contribution in [1.29, 1.82) is 0 Å². The van der Waals surface area contributed by atoms with Crippen LogP contribution in [0.2, 0.25) is 0 Å². The van der Waals surface area contributed by atoms with Crippen LogP contribution in [0.3, 0.4) is 0 Å². The molecule has 0 saturated heterocycles. The molecule has 5 heteroatoms. The van der Waals surface area contributed by atoms with Gasteiger partial charge in [-0.1, -0.05) is 6.08 Å². The van der Waals surface area contributed by atoms with E-state index in [9.17, 15) is 9.59 Å². The number of nitrogens with one attached hydrogen (secondary N) is 1. The predicted molar refractivity (Wildman–Crippen MR) is 74.0 cm³/mol. The Labute approximate surface area is 113 Å². The molecule has 19 heavy (non-hydrogen) atoms. The second kappa shape index (κ2) is 7.31. The lowest BCUT2D eigenvalue weighted by atomic mass is 10.2. The van der Waals surface area contributed by atoms with E-state index in [1.807, 2.05) is 13.8 Å². The monoisotopic (exact) mass is 261 g/mol. The summed E-state index contributed by atoms with van der Waals surface area (Å²) in [5.41, 5.74) is 0.710. The largest absolute Gasteiger partial charge is 0.347 e. The molecule has 0 aliphatic carbocycles. The third kappa shape index (κ3) is 3.91. The zero-order valence-electron chi connectivity index (χ0n) is 11.3. The Bertz CT molecular complexity index is 468. The summed E-state index contributed by atoms with van der Waals surface area (Å²) in [6.07, 6.45) is 3.06. The third-order valence-corrected chi connectivity index (χ3v) is 2.70. The third-order valence-electron chi connectivity index (χ3n) is 2.70. The Morgan fingerprint density at radius 3 is 2.68 bits per heavy atom. The standard InChI is InChI=1S/C14H19N3O2/c1-4-8-16-13(18)12-10-11(7-9-15-12)14(19)17(5-2)6-3/h4,7,9-10H,1,5-6,8H2,2-3H3,(H,16,18). The van der Waals surface area contributed by atoms with Crippen LogP contribution in [-0.4, -0.2) is 41.3 Å². The first-order chi connectivity index (χ1) is 9.13. The van der Waals surface area contributed by atoms with Gasteiger partial charge in [0.2, 0.25) is 0 Å². The maximum Gasteiger partial charge on any atom is 0.270 e. The lowest BCUT2D eigenvalue weighted by Crippen LogP contribution is -2.31. The highest BCUT2D eigenvalue weighted by molar-refractivity contribution is 5.98. The Hall–Kier alpha value is -2.17. The minimum atomic E-state index is -0.311. The van der Waals surface area contributed by atoms with E-state index < -0.39 is 0 Å². The molecule has 1 aromatic heterocycles. The number of nitrogens with zero attached hydrogens (tertiary/aromatic N) is 2. The second-order valence-corrected chi connectivity index (χ2v) is 3.91. The summed E-state index contributed by atoms with van der Waals surface area (Å²) in [5, 5.41) is 2.63. The average Bonchev–Trinajstić information content (AvgIpc) is 2.46. The van der Waals surface area contributed by atoms with Gasteiger partial charge in [-0.25, -0.2) is 0 Å². The Morgan fingerprint density at radius 1 is 1.42 bits per heavy atom. The molecule has 0 aromatic carbocycles. The summed E-state index contributed by atoms with van der Waals surface area (Å²) in [4.78, 5) is 29.6. The zero-order chi connectivity index (χ0) is 14.3.